The Morgan fingerprint density at radius 1 is 1.21 bits per heavy atom. The van der Waals surface area contributed by atoms with Gasteiger partial charge < -0.3 is 20.0 Å². The summed E-state index contributed by atoms with van der Waals surface area (Å²) in [5.74, 6) is -1.02. The molecule has 3 rings (SSSR count). The van der Waals surface area contributed by atoms with Crippen LogP contribution in [0, 0.1) is 5.41 Å². The number of likely N-dealkylation sites (N-methyl/N-ethyl adjacent to an activating group) is 1. The summed E-state index contributed by atoms with van der Waals surface area (Å²) in [4.78, 5) is 35.8. The summed E-state index contributed by atoms with van der Waals surface area (Å²) in [6, 6.07) is 7.29. The third-order valence-corrected chi connectivity index (χ3v) is 5.11. The average Bonchev–Trinajstić information content (AvgIpc) is 2.65. The van der Waals surface area contributed by atoms with Gasteiger partial charge in [0.05, 0.1) is 12.0 Å². The van der Waals surface area contributed by atoms with Crippen molar-refractivity contribution in [2.24, 2.45) is 5.41 Å². The number of nitrogens with zero attached hydrogens (tertiary/aromatic N) is 4. The maximum absolute atomic E-state index is 13.1. The number of aliphatic hydroxyl groups excluding tert-OH is 1. The number of aromatic carboxylic acids is 1. The molecule has 0 aliphatic carbocycles. The van der Waals surface area contributed by atoms with E-state index in [0.29, 0.717) is 24.5 Å². The molecule has 148 valence electrons. The van der Waals surface area contributed by atoms with Crippen molar-refractivity contribution in [3.05, 3.63) is 52.9 Å². The van der Waals surface area contributed by atoms with E-state index in [0.717, 1.165) is 5.56 Å². The van der Waals surface area contributed by atoms with E-state index < -0.39 is 11.4 Å². The Bertz CT molecular complexity index is 868. The van der Waals surface area contributed by atoms with Crippen molar-refractivity contribution in [2.75, 3.05) is 38.2 Å². The minimum atomic E-state index is -1.16. The molecule has 1 fully saturated rings. The van der Waals surface area contributed by atoms with Crippen molar-refractivity contribution in [2.45, 2.75) is 6.42 Å². The van der Waals surface area contributed by atoms with Crippen LogP contribution in [-0.2, 0) is 11.2 Å². The van der Waals surface area contributed by atoms with Crippen molar-refractivity contribution in [3.63, 3.8) is 0 Å². The number of carboxylic acid groups (broad SMARTS) is 1. The Morgan fingerprint density at radius 2 is 1.86 bits per heavy atom. The Balaban J connectivity index is 1.87. The van der Waals surface area contributed by atoms with Crippen LogP contribution in [0.2, 0.25) is 5.02 Å². The first-order valence-electron chi connectivity index (χ1n) is 8.76. The molecule has 1 aromatic carbocycles. The summed E-state index contributed by atoms with van der Waals surface area (Å²) in [5.41, 5.74) is 0.0663. The molecule has 0 unspecified atom stereocenters. The van der Waals surface area contributed by atoms with Crippen LogP contribution in [0.3, 0.4) is 0 Å². The van der Waals surface area contributed by atoms with E-state index in [4.69, 9.17) is 11.6 Å². The molecule has 2 aromatic rings. The molecule has 28 heavy (non-hydrogen) atoms. The maximum Gasteiger partial charge on any atom is 0.358 e. The van der Waals surface area contributed by atoms with E-state index in [1.165, 1.54) is 17.3 Å². The quantitative estimate of drug-likeness (QED) is 0.716. The molecule has 0 radical (unpaired) electrons. The number of anilines is 1. The molecule has 1 aliphatic heterocycles. The van der Waals surface area contributed by atoms with Crippen LogP contribution in [0.4, 0.5) is 5.82 Å². The predicted molar refractivity (Wildman–Crippen MR) is 104 cm³/mol. The van der Waals surface area contributed by atoms with Gasteiger partial charge in [-0.2, -0.15) is 0 Å². The zero-order valence-electron chi connectivity index (χ0n) is 15.4. The fraction of sp³-hybridized carbons (Fsp3) is 0.368. The summed E-state index contributed by atoms with van der Waals surface area (Å²) >= 11 is 5.95. The zero-order valence-corrected chi connectivity index (χ0v) is 16.1. The molecular formula is C19H21ClN4O4. The maximum atomic E-state index is 13.1. The van der Waals surface area contributed by atoms with Gasteiger partial charge in [0.2, 0.25) is 5.91 Å². The van der Waals surface area contributed by atoms with Gasteiger partial charge in [0.15, 0.2) is 11.5 Å². The van der Waals surface area contributed by atoms with Gasteiger partial charge in [-0.05, 0) is 24.1 Å². The SMILES string of the molecule is CN(CCO)C(=O)C1(Cc2ccc(Cl)cc2)CN(c2nccnc2C(=O)O)C1. The van der Waals surface area contributed by atoms with E-state index in [9.17, 15) is 19.8 Å². The van der Waals surface area contributed by atoms with Crippen molar-refractivity contribution in [1.82, 2.24) is 14.9 Å². The normalized spacial score (nSPS) is 15.0. The summed E-state index contributed by atoms with van der Waals surface area (Å²) in [6.07, 6.45) is 3.23. The highest BCUT2D eigenvalue weighted by molar-refractivity contribution is 6.30. The molecule has 0 spiro atoms. The molecule has 1 aliphatic rings. The monoisotopic (exact) mass is 404 g/mol. The largest absolute Gasteiger partial charge is 0.476 e. The minimum absolute atomic E-state index is 0.103. The van der Waals surface area contributed by atoms with Gasteiger partial charge in [0.25, 0.3) is 0 Å². The molecule has 0 atom stereocenters. The zero-order chi connectivity index (χ0) is 20.3. The van der Waals surface area contributed by atoms with E-state index >= 15 is 0 Å². The second-order valence-corrected chi connectivity index (χ2v) is 7.36. The number of carboxylic acids is 1. The summed E-state index contributed by atoms with van der Waals surface area (Å²) < 4.78 is 0. The number of halogens is 1. The number of amides is 1. The standard InChI is InChI=1S/C19H21ClN4O4/c1-23(8-9-25)18(28)19(10-13-2-4-14(20)5-3-13)11-24(12-19)16-15(17(26)27)21-6-7-22-16/h2-7,25H,8-12H2,1H3,(H,26,27). The number of carbonyl (C=O) groups is 2. The van der Waals surface area contributed by atoms with Gasteiger partial charge in [-0.3, -0.25) is 4.79 Å². The third-order valence-electron chi connectivity index (χ3n) is 4.86. The van der Waals surface area contributed by atoms with Crippen molar-refractivity contribution in [1.29, 1.82) is 0 Å². The highest BCUT2D eigenvalue weighted by Crippen LogP contribution is 2.39. The van der Waals surface area contributed by atoms with E-state index in [2.05, 4.69) is 9.97 Å². The fourth-order valence-corrected chi connectivity index (χ4v) is 3.65. The van der Waals surface area contributed by atoms with Crippen molar-refractivity contribution >= 4 is 29.3 Å². The van der Waals surface area contributed by atoms with Crippen LogP contribution in [0.15, 0.2) is 36.7 Å². The second-order valence-electron chi connectivity index (χ2n) is 6.92. The first-order chi connectivity index (χ1) is 13.4. The highest BCUT2D eigenvalue weighted by atomic mass is 35.5. The first-order valence-corrected chi connectivity index (χ1v) is 9.14. The Kier molecular flexibility index (Phi) is 5.81. The van der Waals surface area contributed by atoms with Gasteiger partial charge in [0, 0.05) is 44.1 Å². The fourth-order valence-electron chi connectivity index (χ4n) is 3.52. The Labute approximate surface area is 167 Å². The molecule has 1 amide bonds. The number of hydrogen-bond acceptors (Lipinski definition) is 6. The number of carbonyl (C=O) groups excluding carboxylic acids is 1. The molecule has 1 aromatic heterocycles. The lowest BCUT2D eigenvalue weighted by Gasteiger charge is -2.51. The first kappa shape index (κ1) is 20.0. The average molecular weight is 405 g/mol. The van der Waals surface area contributed by atoms with Crippen LogP contribution in [0.1, 0.15) is 16.1 Å². The predicted octanol–water partition coefficient (Wildman–Crippen LogP) is 1.33. The summed E-state index contributed by atoms with van der Waals surface area (Å²) in [6.45, 7) is 0.718. The lowest BCUT2D eigenvalue weighted by Crippen LogP contribution is -2.65. The number of benzene rings is 1. The number of rotatable bonds is 7. The Hall–Kier alpha value is -2.71. The molecule has 9 heteroatoms. The molecule has 2 heterocycles. The number of aliphatic hydroxyl groups is 1. The molecule has 0 saturated carbocycles. The highest BCUT2D eigenvalue weighted by Gasteiger charge is 2.51. The van der Waals surface area contributed by atoms with Gasteiger partial charge in [-0.25, -0.2) is 14.8 Å². The van der Waals surface area contributed by atoms with Crippen LogP contribution < -0.4 is 4.90 Å². The van der Waals surface area contributed by atoms with Gasteiger partial charge in [-0.15, -0.1) is 0 Å². The van der Waals surface area contributed by atoms with Crippen LogP contribution >= 0.6 is 11.6 Å². The summed E-state index contributed by atoms with van der Waals surface area (Å²) in [5, 5.41) is 19.1. The van der Waals surface area contributed by atoms with E-state index in [-0.39, 0.29) is 30.6 Å². The van der Waals surface area contributed by atoms with Crippen LogP contribution in [0.25, 0.3) is 0 Å². The minimum Gasteiger partial charge on any atom is -0.476 e. The van der Waals surface area contributed by atoms with Crippen LogP contribution in [0.5, 0.6) is 0 Å². The van der Waals surface area contributed by atoms with Gasteiger partial charge >= 0.3 is 5.97 Å². The number of hydrogen-bond donors (Lipinski definition) is 2. The second kappa shape index (κ2) is 8.12. The molecular weight excluding hydrogens is 384 g/mol. The topological polar surface area (TPSA) is 107 Å². The smallest absolute Gasteiger partial charge is 0.358 e. The lowest BCUT2D eigenvalue weighted by atomic mass is 9.73. The molecule has 1 saturated heterocycles. The van der Waals surface area contributed by atoms with Gasteiger partial charge in [-0.1, -0.05) is 23.7 Å². The van der Waals surface area contributed by atoms with Gasteiger partial charge in [0.1, 0.15) is 0 Å². The molecule has 0 bridgehead atoms. The van der Waals surface area contributed by atoms with E-state index in [1.54, 1.807) is 24.1 Å². The summed E-state index contributed by atoms with van der Waals surface area (Å²) in [7, 11) is 1.65. The third kappa shape index (κ3) is 3.93. The Morgan fingerprint density at radius 3 is 2.46 bits per heavy atom. The van der Waals surface area contributed by atoms with Crippen molar-refractivity contribution in [3.8, 4) is 0 Å². The van der Waals surface area contributed by atoms with E-state index in [1.807, 2.05) is 12.1 Å². The van der Waals surface area contributed by atoms with Crippen LogP contribution in [-0.4, -0.2) is 70.2 Å². The molecule has 2 N–H and O–H groups in total. The molecule has 8 nitrogen and oxygen atoms in total. The lowest BCUT2D eigenvalue weighted by molar-refractivity contribution is -0.143. The number of aromatic nitrogens is 2. The van der Waals surface area contributed by atoms with Crippen molar-refractivity contribution < 1.29 is 19.8 Å².